The third kappa shape index (κ3) is 1.93. The third-order valence-corrected chi connectivity index (χ3v) is 3.95. The molecule has 0 saturated heterocycles. The Morgan fingerprint density at radius 2 is 1.95 bits per heavy atom. The molecule has 3 aromatic rings. The first kappa shape index (κ1) is 12.9. The summed E-state index contributed by atoms with van der Waals surface area (Å²) in [5.41, 5.74) is 4.22. The first-order valence-electron chi connectivity index (χ1n) is 6.85. The molecule has 4 heteroatoms. The van der Waals surface area contributed by atoms with Gasteiger partial charge in [-0.1, -0.05) is 18.2 Å². The van der Waals surface area contributed by atoms with Gasteiger partial charge in [0.25, 0.3) is 0 Å². The van der Waals surface area contributed by atoms with E-state index < -0.39 is 0 Å². The number of H-pyrrole nitrogens is 2. The largest absolute Gasteiger partial charge is 0.360 e. The number of aryl methyl sites for hydroxylation is 1. The second-order valence-electron chi connectivity index (χ2n) is 5.68. The Kier molecular flexibility index (Phi) is 2.91. The van der Waals surface area contributed by atoms with Crippen molar-refractivity contribution in [3.8, 4) is 11.3 Å². The highest BCUT2D eigenvalue weighted by atomic mass is 15.0. The van der Waals surface area contributed by atoms with Crippen LogP contribution in [0.3, 0.4) is 0 Å². The van der Waals surface area contributed by atoms with Gasteiger partial charge in [-0.05, 0) is 33.9 Å². The van der Waals surface area contributed by atoms with E-state index >= 15 is 0 Å². The number of benzene rings is 1. The highest BCUT2D eigenvalue weighted by Gasteiger charge is 2.24. The van der Waals surface area contributed by atoms with Crippen molar-refractivity contribution in [2.75, 3.05) is 7.05 Å². The Morgan fingerprint density at radius 3 is 2.70 bits per heavy atom. The molecule has 2 heterocycles. The fourth-order valence-electron chi connectivity index (χ4n) is 2.40. The molecule has 1 aromatic carbocycles. The van der Waals surface area contributed by atoms with Gasteiger partial charge in [-0.25, -0.2) is 4.98 Å². The van der Waals surface area contributed by atoms with E-state index in [2.05, 4.69) is 54.3 Å². The summed E-state index contributed by atoms with van der Waals surface area (Å²) in [6.45, 7) is 6.30. The van der Waals surface area contributed by atoms with Crippen LogP contribution in [0.25, 0.3) is 22.2 Å². The molecule has 0 amide bonds. The number of nitrogens with zero attached hydrogens (tertiary/aromatic N) is 1. The van der Waals surface area contributed by atoms with E-state index in [9.17, 15) is 0 Å². The fourth-order valence-corrected chi connectivity index (χ4v) is 2.40. The van der Waals surface area contributed by atoms with Crippen LogP contribution in [0.2, 0.25) is 0 Å². The Morgan fingerprint density at radius 1 is 1.20 bits per heavy atom. The molecule has 104 valence electrons. The Bertz CT molecular complexity index is 749. The lowest BCUT2D eigenvalue weighted by Gasteiger charge is -2.20. The number of fused-ring (bicyclic) bond motifs is 1. The van der Waals surface area contributed by atoms with Crippen molar-refractivity contribution in [3.63, 3.8) is 0 Å². The Hall–Kier alpha value is -2.07. The Balaban J connectivity index is 2.16. The minimum atomic E-state index is -0.172. The van der Waals surface area contributed by atoms with Crippen LogP contribution in [-0.4, -0.2) is 22.0 Å². The van der Waals surface area contributed by atoms with Gasteiger partial charge < -0.3 is 15.3 Å². The summed E-state index contributed by atoms with van der Waals surface area (Å²) in [6, 6.07) is 8.30. The molecule has 20 heavy (non-hydrogen) atoms. The lowest BCUT2D eigenvalue weighted by atomic mass is 10.1. The fraction of sp³-hybridized carbons (Fsp3) is 0.312. The standard InChI is InChI=1S/C16H20N4/c1-10-14(20-15(19-10)16(2,3)17-4)12-9-18-13-8-6-5-7-11(12)13/h5-9,17-18H,1-4H3,(H,19,20). The first-order chi connectivity index (χ1) is 9.53. The molecule has 0 aliphatic heterocycles. The molecule has 0 unspecified atom stereocenters. The Labute approximate surface area is 118 Å². The van der Waals surface area contributed by atoms with Gasteiger partial charge in [0.1, 0.15) is 5.82 Å². The minimum Gasteiger partial charge on any atom is -0.360 e. The van der Waals surface area contributed by atoms with Crippen LogP contribution in [0.1, 0.15) is 25.4 Å². The van der Waals surface area contributed by atoms with Crippen molar-refractivity contribution in [1.29, 1.82) is 0 Å². The van der Waals surface area contributed by atoms with Crippen LogP contribution >= 0.6 is 0 Å². The van der Waals surface area contributed by atoms with E-state index in [4.69, 9.17) is 4.98 Å². The number of nitrogens with one attached hydrogen (secondary N) is 3. The quantitative estimate of drug-likeness (QED) is 0.682. The van der Waals surface area contributed by atoms with Crippen molar-refractivity contribution < 1.29 is 0 Å². The normalized spacial score (nSPS) is 12.2. The predicted octanol–water partition coefficient (Wildman–Crippen LogP) is 3.32. The molecule has 0 saturated carbocycles. The zero-order valence-corrected chi connectivity index (χ0v) is 12.3. The van der Waals surface area contributed by atoms with Crippen molar-refractivity contribution in [3.05, 3.63) is 42.0 Å². The molecule has 4 nitrogen and oxygen atoms in total. The predicted molar refractivity (Wildman–Crippen MR) is 82.7 cm³/mol. The second-order valence-corrected chi connectivity index (χ2v) is 5.68. The molecule has 0 bridgehead atoms. The van der Waals surface area contributed by atoms with Crippen LogP contribution in [0.5, 0.6) is 0 Å². The summed E-state index contributed by atoms with van der Waals surface area (Å²) in [7, 11) is 1.95. The van der Waals surface area contributed by atoms with E-state index in [0.29, 0.717) is 0 Å². The lowest BCUT2D eigenvalue weighted by molar-refractivity contribution is 0.420. The zero-order chi connectivity index (χ0) is 14.3. The third-order valence-electron chi connectivity index (χ3n) is 3.95. The summed E-state index contributed by atoms with van der Waals surface area (Å²) >= 11 is 0. The molecule has 3 rings (SSSR count). The summed E-state index contributed by atoms with van der Waals surface area (Å²) in [4.78, 5) is 11.5. The highest BCUT2D eigenvalue weighted by molar-refractivity contribution is 5.95. The maximum Gasteiger partial charge on any atom is 0.126 e. The van der Waals surface area contributed by atoms with Gasteiger partial charge in [0.15, 0.2) is 0 Å². The summed E-state index contributed by atoms with van der Waals surface area (Å²) in [5, 5.41) is 4.48. The zero-order valence-electron chi connectivity index (χ0n) is 12.3. The molecule has 0 aliphatic carbocycles. The number of para-hydroxylation sites is 1. The van der Waals surface area contributed by atoms with Crippen LogP contribution < -0.4 is 5.32 Å². The molecule has 0 radical (unpaired) electrons. The van der Waals surface area contributed by atoms with Gasteiger partial charge in [-0.2, -0.15) is 0 Å². The van der Waals surface area contributed by atoms with E-state index in [0.717, 1.165) is 28.3 Å². The van der Waals surface area contributed by atoms with E-state index in [1.54, 1.807) is 0 Å². The highest BCUT2D eigenvalue weighted by Crippen LogP contribution is 2.31. The van der Waals surface area contributed by atoms with Gasteiger partial charge >= 0.3 is 0 Å². The maximum atomic E-state index is 4.81. The number of hydrogen-bond donors (Lipinski definition) is 3. The van der Waals surface area contributed by atoms with Crippen LogP contribution in [0.4, 0.5) is 0 Å². The number of rotatable bonds is 3. The summed E-state index contributed by atoms with van der Waals surface area (Å²) < 4.78 is 0. The monoisotopic (exact) mass is 268 g/mol. The van der Waals surface area contributed by atoms with Gasteiger partial charge in [0.05, 0.1) is 11.2 Å². The number of hydrogen-bond acceptors (Lipinski definition) is 2. The van der Waals surface area contributed by atoms with E-state index in [1.807, 2.05) is 19.3 Å². The molecule has 0 fully saturated rings. The van der Waals surface area contributed by atoms with Crippen molar-refractivity contribution in [2.45, 2.75) is 26.3 Å². The molecular formula is C16H20N4. The van der Waals surface area contributed by atoms with Crippen molar-refractivity contribution >= 4 is 10.9 Å². The van der Waals surface area contributed by atoms with Gasteiger partial charge in [-0.15, -0.1) is 0 Å². The SMILES string of the molecule is CNC(C)(C)c1nc(-c2c[nH]c3ccccc23)c(C)[nH]1. The minimum absolute atomic E-state index is 0.172. The first-order valence-corrected chi connectivity index (χ1v) is 6.85. The van der Waals surface area contributed by atoms with E-state index in [-0.39, 0.29) is 5.54 Å². The molecular weight excluding hydrogens is 248 g/mol. The van der Waals surface area contributed by atoms with E-state index in [1.165, 1.54) is 5.39 Å². The molecule has 0 spiro atoms. The average Bonchev–Trinajstić information content (AvgIpc) is 3.02. The second kappa shape index (κ2) is 4.49. The van der Waals surface area contributed by atoms with Crippen molar-refractivity contribution in [2.24, 2.45) is 0 Å². The van der Waals surface area contributed by atoms with Gasteiger partial charge in [0.2, 0.25) is 0 Å². The van der Waals surface area contributed by atoms with Crippen LogP contribution in [0, 0.1) is 6.92 Å². The van der Waals surface area contributed by atoms with Crippen molar-refractivity contribution in [1.82, 2.24) is 20.3 Å². The topological polar surface area (TPSA) is 56.5 Å². The number of aromatic amines is 2. The smallest absolute Gasteiger partial charge is 0.126 e. The van der Waals surface area contributed by atoms with Crippen LogP contribution in [-0.2, 0) is 5.54 Å². The summed E-state index contributed by atoms with van der Waals surface area (Å²) in [5.74, 6) is 0.956. The van der Waals surface area contributed by atoms with Gasteiger partial charge in [0, 0.05) is 28.4 Å². The molecule has 3 N–H and O–H groups in total. The lowest BCUT2D eigenvalue weighted by Crippen LogP contribution is -2.34. The maximum absolute atomic E-state index is 4.81. The number of imidazole rings is 1. The number of aromatic nitrogens is 3. The summed E-state index contributed by atoms with van der Waals surface area (Å²) in [6.07, 6.45) is 2.03. The molecule has 0 atom stereocenters. The van der Waals surface area contributed by atoms with Gasteiger partial charge in [-0.3, -0.25) is 0 Å². The molecule has 0 aliphatic rings. The molecule has 2 aromatic heterocycles. The van der Waals surface area contributed by atoms with Crippen LogP contribution in [0.15, 0.2) is 30.5 Å². The average molecular weight is 268 g/mol.